The van der Waals surface area contributed by atoms with Gasteiger partial charge >= 0.3 is 0 Å². The summed E-state index contributed by atoms with van der Waals surface area (Å²) in [6, 6.07) is 12.0. The summed E-state index contributed by atoms with van der Waals surface area (Å²) in [6.07, 6.45) is 1.38. The van der Waals surface area contributed by atoms with Crippen LogP contribution in [0.25, 0.3) is 0 Å². The molecule has 0 unspecified atom stereocenters. The van der Waals surface area contributed by atoms with Gasteiger partial charge in [0.15, 0.2) is 5.13 Å². The zero-order valence-electron chi connectivity index (χ0n) is 18.8. The Bertz CT molecular complexity index is 1210. The average molecular weight is 481 g/mol. The van der Waals surface area contributed by atoms with E-state index in [4.69, 9.17) is 9.47 Å². The number of hydrogen-bond donors (Lipinski definition) is 2. The number of amides is 3. The second-order valence-corrected chi connectivity index (χ2v) is 8.40. The van der Waals surface area contributed by atoms with Crippen LogP contribution in [0, 0.1) is 0 Å². The Balaban J connectivity index is 1.47. The van der Waals surface area contributed by atoms with Gasteiger partial charge in [-0.1, -0.05) is 18.2 Å². The number of thiazole rings is 1. The zero-order valence-corrected chi connectivity index (χ0v) is 19.6. The predicted molar refractivity (Wildman–Crippen MR) is 130 cm³/mol. The summed E-state index contributed by atoms with van der Waals surface area (Å²) in [7, 11) is 2.95. The first kappa shape index (κ1) is 23.2. The maximum absolute atomic E-state index is 12.7. The van der Waals surface area contributed by atoms with Gasteiger partial charge in [-0.2, -0.15) is 0 Å². The van der Waals surface area contributed by atoms with E-state index in [0.717, 1.165) is 6.42 Å². The van der Waals surface area contributed by atoms with Gasteiger partial charge in [-0.25, -0.2) is 4.98 Å². The van der Waals surface area contributed by atoms with Crippen LogP contribution in [0.5, 0.6) is 11.5 Å². The van der Waals surface area contributed by atoms with E-state index in [1.807, 2.05) is 6.07 Å². The smallest absolute Gasteiger partial charge is 0.255 e. The largest absolute Gasteiger partial charge is 0.494 e. The summed E-state index contributed by atoms with van der Waals surface area (Å²) >= 11 is 1.35. The Morgan fingerprint density at radius 1 is 1.06 bits per heavy atom. The molecule has 0 saturated carbocycles. The first-order chi connectivity index (χ1) is 16.5. The number of carbonyl (C=O) groups is 3. The summed E-state index contributed by atoms with van der Waals surface area (Å²) in [6.45, 7) is 0.655. The fourth-order valence-corrected chi connectivity index (χ4v) is 4.46. The van der Waals surface area contributed by atoms with Crippen molar-refractivity contribution < 1.29 is 23.9 Å². The van der Waals surface area contributed by atoms with Crippen LogP contribution in [0.4, 0.5) is 16.5 Å². The highest BCUT2D eigenvalue weighted by Gasteiger charge is 2.24. The van der Waals surface area contributed by atoms with Crippen molar-refractivity contribution in [3.63, 3.8) is 0 Å². The van der Waals surface area contributed by atoms with Crippen molar-refractivity contribution in [2.45, 2.75) is 19.3 Å². The number of carbonyl (C=O) groups excluding carboxylic acids is 3. The number of aromatic nitrogens is 1. The molecule has 0 bridgehead atoms. The molecular formula is C24H24N4O5S. The SMILES string of the molecule is COc1cc(NC(=O)c2ccccc2)c(OC)cc1NC(=O)Cc1csc(N2CCCC2=O)n1. The lowest BCUT2D eigenvalue weighted by atomic mass is 10.2. The van der Waals surface area contributed by atoms with E-state index in [-0.39, 0.29) is 24.1 Å². The van der Waals surface area contributed by atoms with Gasteiger partial charge in [-0.3, -0.25) is 19.3 Å². The van der Waals surface area contributed by atoms with Crippen LogP contribution in [0.3, 0.4) is 0 Å². The summed E-state index contributed by atoms with van der Waals surface area (Å²) in [5.41, 5.74) is 1.88. The van der Waals surface area contributed by atoms with E-state index in [0.29, 0.717) is 52.2 Å². The van der Waals surface area contributed by atoms with E-state index in [1.54, 1.807) is 46.7 Å². The van der Waals surface area contributed by atoms with Crippen LogP contribution in [0.15, 0.2) is 47.8 Å². The number of nitrogens with one attached hydrogen (secondary N) is 2. The number of methoxy groups -OCH3 is 2. The molecule has 2 N–H and O–H groups in total. The normalized spacial score (nSPS) is 13.0. The molecule has 1 fully saturated rings. The van der Waals surface area contributed by atoms with Gasteiger partial charge in [-0.05, 0) is 18.6 Å². The summed E-state index contributed by atoms with van der Waals surface area (Å²) in [5.74, 6) is 0.184. The summed E-state index contributed by atoms with van der Waals surface area (Å²) in [4.78, 5) is 43.3. The van der Waals surface area contributed by atoms with Gasteiger partial charge in [0.05, 0.1) is 37.7 Å². The van der Waals surface area contributed by atoms with E-state index in [1.165, 1.54) is 25.6 Å². The number of ether oxygens (including phenoxy) is 2. The zero-order chi connectivity index (χ0) is 24.1. The molecule has 10 heteroatoms. The Kier molecular flexibility index (Phi) is 7.07. The molecule has 2 heterocycles. The molecule has 0 atom stereocenters. The topological polar surface area (TPSA) is 110 Å². The van der Waals surface area contributed by atoms with Crippen LogP contribution < -0.4 is 25.0 Å². The number of hydrogen-bond acceptors (Lipinski definition) is 7. The fourth-order valence-electron chi connectivity index (χ4n) is 3.59. The average Bonchev–Trinajstić information content (AvgIpc) is 3.48. The van der Waals surface area contributed by atoms with Crippen molar-refractivity contribution in [1.82, 2.24) is 4.98 Å². The van der Waals surface area contributed by atoms with Crippen LogP contribution in [-0.4, -0.2) is 43.5 Å². The Morgan fingerprint density at radius 2 is 1.74 bits per heavy atom. The molecular weight excluding hydrogens is 456 g/mol. The van der Waals surface area contributed by atoms with Crippen molar-refractivity contribution >= 4 is 45.6 Å². The molecule has 4 rings (SSSR count). The molecule has 0 aliphatic carbocycles. The molecule has 1 saturated heterocycles. The van der Waals surface area contributed by atoms with Crippen molar-refractivity contribution in [2.24, 2.45) is 0 Å². The van der Waals surface area contributed by atoms with Crippen molar-refractivity contribution in [3.8, 4) is 11.5 Å². The van der Waals surface area contributed by atoms with E-state index >= 15 is 0 Å². The third kappa shape index (κ3) is 5.18. The second kappa shape index (κ2) is 10.3. The molecule has 1 aliphatic rings. The van der Waals surface area contributed by atoms with Crippen LogP contribution in [0.1, 0.15) is 28.9 Å². The summed E-state index contributed by atoms with van der Waals surface area (Å²) in [5, 5.41) is 8.01. The molecule has 34 heavy (non-hydrogen) atoms. The van der Waals surface area contributed by atoms with Gasteiger partial charge in [-0.15, -0.1) is 11.3 Å². The number of nitrogens with zero attached hydrogens (tertiary/aromatic N) is 2. The lowest BCUT2D eigenvalue weighted by Crippen LogP contribution is -2.23. The van der Waals surface area contributed by atoms with Gasteiger partial charge in [0.25, 0.3) is 5.91 Å². The predicted octanol–water partition coefficient (Wildman–Crippen LogP) is 3.72. The van der Waals surface area contributed by atoms with Crippen LogP contribution >= 0.6 is 11.3 Å². The molecule has 2 aromatic carbocycles. The van der Waals surface area contributed by atoms with E-state index in [2.05, 4.69) is 15.6 Å². The standard InChI is InChI=1S/C24H24N4O5S/c1-32-19-13-18(27-23(31)15-7-4-3-5-8-15)20(33-2)12-17(19)26-21(29)11-16-14-34-24(25-16)28-10-6-9-22(28)30/h3-5,7-8,12-14H,6,9-11H2,1-2H3,(H,26,29)(H,27,31). The first-order valence-corrected chi connectivity index (χ1v) is 11.5. The van der Waals surface area contributed by atoms with Crippen LogP contribution in [-0.2, 0) is 16.0 Å². The molecule has 1 aliphatic heterocycles. The maximum atomic E-state index is 12.7. The third-order valence-corrected chi connectivity index (χ3v) is 6.18. The summed E-state index contributed by atoms with van der Waals surface area (Å²) < 4.78 is 10.9. The fraction of sp³-hybridized carbons (Fsp3) is 0.250. The quantitative estimate of drug-likeness (QED) is 0.509. The minimum absolute atomic E-state index is 0.0382. The number of anilines is 3. The third-order valence-electron chi connectivity index (χ3n) is 5.27. The van der Waals surface area contributed by atoms with Crippen LogP contribution in [0.2, 0.25) is 0 Å². The highest BCUT2D eigenvalue weighted by molar-refractivity contribution is 7.14. The van der Waals surface area contributed by atoms with Gasteiger partial charge in [0.2, 0.25) is 11.8 Å². The van der Waals surface area contributed by atoms with Crippen molar-refractivity contribution in [1.29, 1.82) is 0 Å². The highest BCUT2D eigenvalue weighted by atomic mass is 32.1. The Labute approximate surface area is 200 Å². The van der Waals surface area contributed by atoms with Crippen molar-refractivity contribution in [3.05, 3.63) is 59.1 Å². The van der Waals surface area contributed by atoms with E-state index < -0.39 is 0 Å². The second-order valence-electron chi connectivity index (χ2n) is 7.57. The molecule has 3 amide bonds. The van der Waals surface area contributed by atoms with Gasteiger partial charge in [0.1, 0.15) is 11.5 Å². The molecule has 0 spiro atoms. The van der Waals surface area contributed by atoms with Crippen molar-refractivity contribution in [2.75, 3.05) is 36.3 Å². The molecule has 176 valence electrons. The molecule has 0 radical (unpaired) electrons. The number of benzene rings is 2. The number of rotatable bonds is 8. The maximum Gasteiger partial charge on any atom is 0.255 e. The monoisotopic (exact) mass is 480 g/mol. The first-order valence-electron chi connectivity index (χ1n) is 10.7. The lowest BCUT2D eigenvalue weighted by Gasteiger charge is -2.16. The molecule has 3 aromatic rings. The minimum Gasteiger partial charge on any atom is -0.494 e. The van der Waals surface area contributed by atoms with E-state index in [9.17, 15) is 14.4 Å². The minimum atomic E-state index is -0.300. The molecule has 9 nitrogen and oxygen atoms in total. The van der Waals surface area contributed by atoms with Gasteiger partial charge < -0.3 is 20.1 Å². The highest BCUT2D eigenvalue weighted by Crippen LogP contribution is 2.37. The Morgan fingerprint density at radius 3 is 2.35 bits per heavy atom. The van der Waals surface area contributed by atoms with Gasteiger partial charge in [0, 0.05) is 36.0 Å². The lowest BCUT2D eigenvalue weighted by molar-refractivity contribution is -0.117. The Hall–Kier alpha value is -3.92. The molecule has 1 aromatic heterocycles.